The van der Waals surface area contributed by atoms with Crippen molar-refractivity contribution in [3.05, 3.63) is 33.8 Å². The fourth-order valence-corrected chi connectivity index (χ4v) is 2.39. The van der Waals surface area contributed by atoms with Gasteiger partial charge in [0.2, 0.25) is 0 Å². The van der Waals surface area contributed by atoms with Crippen molar-refractivity contribution in [2.24, 2.45) is 5.41 Å². The summed E-state index contributed by atoms with van der Waals surface area (Å²) in [5.74, 6) is 0. The van der Waals surface area contributed by atoms with E-state index in [9.17, 15) is 5.11 Å². The van der Waals surface area contributed by atoms with E-state index in [1.165, 1.54) is 0 Å². The van der Waals surface area contributed by atoms with Crippen LogP contribution in [0, 0.1) is 5.41 Å². The van der Waals surface area contributed by atoms with Gasteiger partial charge in [0, 0.05) is 16.7 Å². The van der Waals surface area contributed by atoms with E-state index in [-0.39, 0.29) is 12.0 Å². The van der Waals surface area contributed by atoms with Crippen LogP contribution in [-0.2, 0) is 6.42 Å². The molecule has 0 radical (unpaired) electrons. The molecule has 3 heteroatoms. The molecule has 1 N–H and O–H groups in total. The number of aliphatic hydroxyl groups excluding tert-OH is 1. The summed E-state index contributed by atoms with van der Waals surface area (Å²) in [7, 11) is 0. The summed E-state index contributed by atoms with van der Waals surface area (Å²) in [5, 5.41) is 10.9. The van der Waals surface area contributed by atoms with Gasteiger partial charge in [0.25, 0.3) is 0 Å². The number of benzene rings is 1. The molecule has 0 aliphatic rings. The van der Waals surface area contributed by atoms with Gasteiger partial charge in [-0.2, -0.15) is 0 Å². The van der Waals surface area contributed by atoms with Crippen molar-refractivity contribution in [3.8, 4) is 0 Å². The van der Waals surface area contributed by atoms with Gasteiger partial charge in [-0.1, -0.05) is 43.1 Å². The van der Waals surface area contributed by atoms with Crippen molar-refractivity contribution >= 4 is 23.2 Å². The number of hydrogen-bond acceptors (Lipinski definition) is 1. The zero-order valence-corrected chi connectivity index (χ0v) is 11.3. The first-order valence-corrected chi connectivity index (χ1v) is 6.38. The van der Waals surface area contributed by atoms with E-state index in [1.54, 1.807) is 0 Å². The molecule has 0 fully saturated rings. The minimum absolute atomic E-state index is 0.103. The van der Waals surface area contributed by atoms with E-state index >= 15 is 0 Å². The molecule has 0 aliphatic carbocycles. The molecule has 0 bridgehead atoms. The highest BCUT2D eigenvalue weighted by Gasteiger charge is 2.27. The van der Waals surface area contributed by atoms with E-state index in [4.69, 9.17) is 23.2 Å². The van der Waals surface area contributed by atoms with Crippen LogP contribution in [0.1, 0.15) is 32.3 Å². The van der Waals surface area contributed by atoms with Gasteiger partial charge in [0.1, 0.15) is 0 Å². The Bertz CT molecular complexity index is 317. The van der Waals surface area contributed by atoms with Gasteiger partial charge < -0.3 is 5.11 Å². The molecule has 1 rings (SSSR count). The smallest absolute Gasteiger partial charge is 0.0490 e. The second kappa shape index (κ2) is 5.90. The molecule has 16 heavy (non-hydrogen) atoms. The van der Waals surface area contributed by atoms with Gasteiger partial charge in [0.05, 0.1) is 0 Å². The van der Waals surface area contributed by atoms with Crippen molar-refractivity contribution in [2.45, 2.75) is 33.1 Å². The molecule has 0 heterocycles. The quantitative estimate of drug-likeness (QED) is 0.836. The van der Waals surface area contributed by atoms with Crippen LogP contribution >= 0.6 is 23.2 Å². The van der Waals surface area contributed by atoms with Crippen LogP contribution < -0.4 is 0 Å². The summed E-state index contributed by atoms with van der Waals surface area (Å²) in [5.41, 5.74) is 0.845. The fraction of sp³-hybridized carbons (Fsp3) is 0.538. The van der Waals surface area contributed by atoms with Crippen LogP contribution in [0.15, 0.2) is 18.2 Å². The molecule has 0 spiro atoms. The number of hydrogen-bond donors (Lipinski definition) is 1. The van der Waals surface area contributed by atoms with Gasteiger partial charge in [-0.15, -0.1) is 0 Å². The standard InChI is InChI=1S/C13H18Cl2O/c1-3-13(4-2,9-16)8-10-11(14)6-5-7-12(10)15/h5-7,16H,3-4,8-9H2,1-2H3. The Labute approximate surface area is 107 Å². The molecule has 1 aromatic rings. The summed E-state index contributed by atoms with van der Waals surface area (Å²) < 4.78 is 0. The lowest BCUT2D eigenvalue weighted by Gasteiger charge is -2.30. The predicted octanol–water partition coefficient (Wildman–Crippen LogP) is 4.33. The van der Waals surface area contributed by atoms with E-state index < -0.39 is 0 Å². The Morgan fingerprint density at radius 1 is 1.12 bits per heavy atom. The Balaban J connectivity index is 3.02. The molecule has 1 aromatic carbocycles. The monoisotopic (exact) mass is 260 g/mol. The molecule has 0 aromatic heterocycles. The Morgan fingerprint density at radius 3 is 2.00 bits per heavy atom. The largest absolute Gasteiger partial charge is 0.396 e. The van der Waals surface area contributed by atoms with Crippen molar-refractivity contribution in [1.29, 1.82) is 0 Å². The lowest BCUT2D eigenvalue weighted by molar-refractivity contribution is 0.115. The van der Waals surface area contributed by atoms with E-state index in [1.807, 2.05) is 18.2 Å². The number of aliphatic hydroxyl groups is 1. The van der Waals surface area contributed by atoms with Gasteiger partial charge in [0.15, 0.2) is 0 Å². The molecule has 0 unspecified atom stereocenters. The number of halogens is 2. The first kappa shape index (κ1) is 13.8. The fourth-order valence-electron chi connectivity index (χ4n) is 1.86. The van der Waals surface area contributed by atoms with Crippen LogP contribution in [0.3, 0.4) is 0 Å². The van der Waals surface area contributed by atoms with Gasteiger partial charge >= 0.3 is 0 Å². The highest BCUT2D eigenvalue weighted by molar-refractivity contribution is 6.36. The second-order valence-corrected chi connectivity index (χ2v) is 5.06. The average molecular weight is 261 g/mol. The molecule has 1 nitrogen and oxygen atoms in total. The number of rotatable bonds is 5. The second-order valence-electron chi connectivity index (χ2n) is 4.24. The van der Waals surface area contributed by atoms with Crippen molar-refractivity contribution < 1.29 is 5.11 Å². The predicted molar refractivity (Wildman–Crippen MR) is 70.3 cm³/mol. The molecule has 90 valence electrons. The lowest BCUT2D eigenvalue weighted by atomic mass is 9.78. The van der Waals surface area contributed by atoms with Crippen LogP contribution in [0.2, 0.25) is 10.0 Å². The Kier molecular flexibility index (Phi) is 5.10. The third kappa shape index (κ3) is 2.91. The van der Waals surface area contributed by atoms with Gasteiger partial charge in [-0.25, -0.2) is 0 Å². The zero-order valence-electron chi connectivity index (χ0n) is 9.76. The lowest BCUT2D eigenvalue weighted by Crippen LogP contribution is -2.26. The Hall–Kier alpha value is -0.240. The first-order valence-electron chi connectivity index (χ1n) is 5.62. The van der Waals surface area contributed by atoms with Crippen molar-refractivity contribution in [3.63, 3.8) is 0 Å². The normalized spacial score (nSPS) is 11.8. The topological polar surface area (TPSA) is 20.2 Å². The van der Waals surface area contributed by atoms with Crippen LogP contribution in [0.5, 0.6) is 0 Å². The van der Waals surface area contributed by atoms with Crippen LogP contribution in [-0.4, -0.2) is 11.7 Å². The van der Waals surface area contributed by atoms with Crippen molar-refractivity contribution in [2.75, 3.05) is 6.61 Å². The highest BCUT2D eigenvalue weighted by Crippen LogP contribution is 2.35. The summed E-state index contributed by atoms with van der Waals surface area (Å²) in [4.78, 5) is 0. The molecule has 0 aliphatic heterocycles. The Morgan fingerprint density at radius 2 is 1.62 bits per heavy atom. The summed E-state index contributed by atoms with van der Waals surface area (Å²) in [6.45, 7) is 4.34. The molecular weight excluding hydrogens is 243 g/mol. The van der Waals surface area contributed by atoms with Crippen molar-refractivity contribution in [1.82, 2.24) is 0 Å². The first-order chi connectivity index (χ1) is 7.58. The zero-order chi connectivity index (χ0) is 12.2. The molecule has 0 amide bonds. The summed E-state index contributed by atoms with van der Waals surface area (Å²) in [6.07, 6.45) is 2.57. The van der Waals surface area contributed by atoms with E-state index in [2.05, 4.69) is 13.8 Å². The third-order valence-corrected chi connectivity index (χ3v) is 4.16. The minimum atomic E-state index is -0.103. The third-order valence-electron chi connectivity index (χ3n) is 3.45. The van der Waals surface area contributed by atoms with Gasteiger partial charge in [-0.3, -0.25) is 0 Å². The molecule has 0 saturated carbocycles. The maximum Gasteiger partial charge on any atom is 0.0490 e. The van der Waals surface area contributed by atoms with Crippen LogP contribution in [0.4, 0.5) is 0 Å². The highest BCUT2D eigenvalue weighted by atomic mass is 35.5. The molecular formula is C13H18Cl2O. The minimum Gasteiger partial charge on any atom is -0.396 e. The SMILES string of the molecule is CCC(CC)(CO)Cc1c(Cl)cccc1Cl. The molecule has 0 atom stereocenters. The maximum atomic E-state index is 9.53. The maximum absolute atomic E-state index is 9.53. The van der Waals surface area contributed by atoms with Crippen LogP contribution in [0.25, 0.3) is 0 Å². The summed E-state index contributed by atoms with van der Waals surface area (Å²) in [6, 6.07) is 5.53. The van der Waals surface area contributed by atoms with Gasteiger partial charge in [-0.05, 0) is 42.4 Å². The summed E-state index contributed by atoms with van der Waals surface area (Å²) >= 11 is 12.3. The average Bonchev–Trinajstić information content (AvgIpc) is 2.30. The molecule has 0 saturated heterocycles. The van der Waals surface area contributed by atoms with E-state index in [0.717, 1.165) is 24.8 Å². The van der Waals surface area contributed by atoms with E-state index in [0.29, 0.717) is 10.0 Å².